The first-order valence-electron chi connectivity index (χ1n) is 6.53. The fraction of sp³-hybridized carbons (Fsp3) is 0.214. The van der Waals surface area contributed by atoms with Crippen LogP contribution in [-0.2, 0) is 0 Å². The van der Waals surface area contributed by atoms with Gasteiger partial charge in [0, 0.05) is 18.3 Å². The molecule has 1 amide bonds. The lowest BCUT2D eigenvalue weighted by atomic mass is 10.2. The number of ether oxygens (including phenoxy) is 2. The van der Waals surface area contributed by atoms with E-state index in [9.17, 15) is 4.79 Å². The molecule has 0 atom stereocenters. The van der Waals surface area contributed by atoms with E-state index in [0.29, 0.717) is 29.5 Å². The average molecular weight is 286 g/mol. The van der Waals surface area contributed by atoms with E-state index in [-0.39, 0.29) is 18.4 Å². The van der Waals surface area contributed by atoms with E-state index in [1.165, 1.54) is 6.20 Å². The number of nitrogens with one attached hydrogen (secondary N) is 2. The molecule has 7 nitrogen and oxygen atoms in total. The van der Waals surface area contributed by atoms with Gasteiger partial charge in [0.05, 0.1) is 12.4 Å². The Hall–Kier alpha value is -2.83. The van der Waals surface area contributed by atoms with Crippen LogP contribution in [0.5, 0.6) is 11.5 Å². The zero-order chi connectivity index (χ0) is 14.7. The first-order chi connectivity index (χ1) is 10.3. The van der Waals surface area contributed by atoms with Gasteiger partial charge in [-0.25, -0.2) is 4.98 Å². The Morgan fingerprint density at radius 1 is 1.29 bits per heavy atom. The number of fused-ring (bicyclic) bond motifs is 1. The largest absolute Gasteiger partial charge is 0.454 e. The molecule has 0 unspecified atom stereocenters. The molecule has 0 saturated carbocycles. The van der Waals surface area contributed by atoms with Gasteiger partial charge in [-0.2, -0.15) is 0 Å². The summed E-state index contributed by atoms with van der Waals surface area (Å²) in [6, 6.07) is 5.20. The van der Waals surface area contributed by atoms with Crippen LogP contribution in [-0.4, -0.2) is 29.2 Å². The van der Waals surface area contributed by atoms with Crippen molar-refractivity contribution in [3.05, 3.63) is 36.3 Å². The number of aromatic nitrogens is 2. The average Bonchev–Trinajstić information content (AvgIpc) is 2.95. The minimum atomic E-state index is -0.332. The summed E-state index contributed by atoms with van der Waals surface area (Å²) in [4.78, 5) is 20.3. The van der Waals surface area contributed by atoms with Crippen molar-refractivity contribution in [1.29, 1.82) is 0 Å². The number of anilines is 2. The van der Waals surface area contributed by atoms with Gasteiger partial charge in [0.15, 0.2) is 11.5 Å². The van der Waals surface area contributed by atoms with Crippen LogP contribution >= 0.6 is 0 Å². The minimum absolute atomic E-state index is 0.197. The number of carbonyl (C=O) groups excluding carboxylic acids is 1. The summed E-state index contributed by atoms with van der Waals surface area (Å²) in [6.07, 6.45) is 2.99. The van der Waals surface area contributed by atoms with Crippen molar-refractivity contribution in [2.45, 2.75) is 6.92 Å². The fourth-order valence-corrected chi connectivity index (χ4v) is 1.91. The van der Waals surface area contributed by atoms with Crippen LogP contribution < -0.4 is 20.1 Å². The lowest BCUT2D eigenvalue weighted by Crippen LogP contribution is -2.15. The molecule has 2 heterocycles. The summed E-state index contributed by atoms with van der Waals surface area (Å²) >= 11 is 0. The second-order valence-electron chi connectivity index (χ2n) is 4.34. The Morgan fingerprint density at radius 3 is 3.00 bits per heavy atom. The quantitative estimate of drug-likeness (QED) is 0.892. The van der Waals surface area contributed by atoms with Gasteiger partial charge in [-0.05, 0) is 19.1 Å². The Balaban J connectivity index is 1.75. The van der Waals surface area contributed by atoms with Gasteiger partial charge in [0.25, 0.3) is 5.91 Å². The van der Waals surface area contributed by atoms with Gasteiger partial charge < -0.3 is 20.1 Å². The summed E-state index contributed by atoms with van der Waals surface area (Å²) < 4.78 is 10.5. The van der Waals surface area contributed by atoms with Crippen molar-refractivity contribution in [3.8, 4) is 11.5 Å². The predicted octanol–water partition coefficient (Wildman–Crippen LogP) is 1.89. The van der Waals surface area contributed by atoms with Gasteiger partial charge in [-0.3, -0.25) is 9.78 Å². The second kappa shape index (κ2) is 5.66. The monoisotopic (exact) mass is 286 g/mol. The van der Waals surface area contributed by atoms with Crippen molar-refractivity contribution >= 4 is 17.4 Å². The molecule has 108 valence electrons. The first-order valence-corrected chi connectivity index (χ1v) is 6.53. The fourth-order valence-electron chi connectivity index (χ4n) is 1.91. The van der Waals surface area contributed by atoms with Crippen LogP contribution in [0.15, 0.2) is 30.6 Å². The number of benzene rings is 1. The van der Waals surface area contributed by atoms with Crippen molar-refractivity contribution in [1.82, 2.24) is 9.97 Å². The lowest BCUT2D eigenvalue weighted by Gasteiger charge is -2.07. The highest BCUT2D eigenvalue weighted by molar-refractivity contribution is 6.03. The van der Waals surface area contributed by atoms with E-state index in [0.717, 1.165) is 0 Å². The zero-order valence-electron chi connectivity index (χ0n) is 11.4. The highest BCUT2D eigenvalue weighted by atomic mass is 16.7. The topological polar surface area (TPSA) is 85.4 Å². The third kappa shape index (κ3) is 2.86. The van der Waals surface area contributed by atoms with Gasteiger partial charge >= 0.3 is 0 Å². The van der Waals surface area contributed by atoms with E-state index in [1.54, 1.807) is 24.4 Å². The Labute approximate surface area is 121 Å². The molecule has 2 N–H and O–H groups in total. The molecule has 2 aromatic rings. The predicted molar refractivity (Wildman–Crippen MR) is 76.7 cm³/mol. The Kier molecular flexibility index (Phi) is 3.55. The van der Waals surface area contributed by atoms with E-state index in [4.69, 9.17) is 9.47 Å². The lowest BCUT2D eigenvalue weighted by molar-refractivity contribution is 0.102. The van der Waals surface area contributed by atoms with Crippen molar-refractivity contribution in [2.24, 2.45) is 0 Å². The van der Waals surface area contributed by atoms with Gasteiger partial charge in [-0.1, -0.05) is 0 Å². The summed E-state index contributed by atoms with van der Waals surface area (Å²) in [7, 11) is 0. The number of hydrogen-bond acceptors (Lipinski definition) is 6. The van der Waals surface area contributed by atoms with Crippen molar-refractivity contribution in [3.63, 3.8) is 0 Å². The molecule has 7 heteroatoms. The van der Waals surface area contributed by atoms with Gasteiger partial charge in [0.1, 0.15) is 11.5 Å². The molecule has 1 aliphatic heterocycles. The minimum Gasteiger partial charge on any atom is -0.454 e. The molecule has 3 rings (SSSR count). The van der Waals surface area contributed by atoms with Crippen molar-refractivity contribution < 1.29 is 14.3 Å². The molecule has 1 aromatic heterocycles. The van der Waals surface area contributed by atoms with Crippen LogP contribution in [0.1, 0.15) is 17.4 Å². The molecular formula is C14H14N4O3. The molecule has 0 spiro atoms. The van der Waals surface area contributed by atoms with Crippen LogP contribution in [0.3, 0.4) is 0 Å². The third-order valence-electron chi connectivity index (χ3n) is 2.86. The highest BCUT2D eigenvalue weighted by Crippen LogP contribution is 2.34. The first kappa shape index (κ1) is 13.2. The number of nitrogens with zero attached hydrogens (tertiary/aromatic N) is 2. The number of hydrogen-bond donors (Lipinski definition) is 2. The summed E-state index contributed by atoms with van der Waals surface area (Å²) in [6.45, 7) is 2.85. The maximum absolute atomic E-state index is 12.2. The Morgan fingerprint density at radius 2 is 2.14 bits per heavy atom. The third-order valence-corrected chi connectivity index (χ3v) is 2.86. The van der Waals surface area contributed by atoms with Crippen LogP contribution in [0.2, 0.25) is 0 Å². The molecule has 0 aliphatic carbocycles. The van der Waals surface area contributed by atoms with Crippen LogP contribution in [0.4, 0.5) is 11.5 Å². The normalized spacial score (nSPS) is 12.0. The molecule has 1 aromatic carbocycles. The zero-order valence-corrected chi connectivity index (χ0v) is 11.4. The van der Waals surface area contributed by atoms with Crippen molar-refractivity contribution in [2.75, 3.05) is 24.0 Å². The Bertz CT molecular complexity index is 675. The second-order valence-corrected chi connectivity index (χ2v) is 4.34. The van der Waals surface area contributed by atoms with Gasteiger partial charge in [0.2, 0.25) is 6.79 Å². The smallest absolute Gasteiger partial charge is 0.275 e. The van der Waals surface area contributed by atoms with Crippen LogP contribution in [0.25, 0.3) is 0 Å². The molecular weight excluding hydrogens is 272 g/mol. The van der Waals surface area contributed by atoms with E-state index in [1.807, 2.05) is 6.92 Å². The molecule has 0 radical (unpaired) electrons. The van der Waals surface area contributed by atoms with E-state index < -0.39 is 0 Å². The highest BCUT2D eigenvalue weighted by Gasteiger charge is 2.15. The standard InChI is InChI=1S/C14H14N4O3/c1-2-16-13-7-15-6-10(18-13)14(19)17-9-3-4-11-12(5-9)21-8-20-11/h3-7H,2,8H2,1H3,(H,16,18)(H,17,19). The number of rotatable bonds is 4. The molecule has 0 saturated heterocycles. The van der Waals surface area contributed by atoms with Gasteiger partial charge in [-0.15, -0.1) is 0 Å². The SMILES string of the molecule is CCNc1cncc(C(=O)Nc2ccc3c(c2)OCO3)n1. The molecule has 1 aliphatic rings. The van der Waals surface area contributed by atoms with Crippen LogP contribution in [0, 0.1) is 0 Å². The summed E-state index contributed by atoms with van der Waals surface area (Å²) in [5.74, 6) is 1.51. The molecule has 0 bridgehead atoms. The number of carbonyl (C=O) groups is 1. The summed E-state index contributed by atoms with van der Waals surface area (Å²) in [5, 5.41) is 5.76. The van der Waals surface area contributed by atoms with E-state index in [2.05, 4.69) is 20.6 Å². The molecule has 0 fully saturated rings. The maximum atomic E-state index is 12.2. The van der Waals surface area contributed by atoms with E-state index >= 15 is 0 Å². The summed E-state index contributed by atoms with van der Waals surface area (Å²) in [5.41, 5.74) is 0.853. The maximum Gasteiger partial charge on any atom is 0.275 e. The number of amides is 1. The molecule has 21 heavy (non-hydrogen) atoms.